The number of carbonyl (C=O) groups is 1. The van der Waals surface area contributed by atoms with Crippen LogP contribution < -0.4 is 4.90 Å². The van der Waals surface area contributed by atoms with E-state index in [1.54, 1.807) is 18.3 Å². The standard InChI is InChI=1S/C11H12N2O2S/c1-7-9(11(14)15-12-7)6-8-4-5-10(16-8)13(2)3/h4-6H,1-3H3/b9-6-. The van der Waals surface area contributed by atoms with E-state index < -0.39 is 0 Å². The fourth-order valence-electron chi connectivity index (χ4n) is 1.32. The van der Waals surface area contributed by atoms with Crippen molar-refractivity contribution >= 4 is 34.1 Å². The van der Waals surface area contributed by atoms with Crippen molar-refractivity contribution in [3.8, 4) is 0 Å². The molecule has 1 aliphatic rings. The van der Waals surface area contributed by atoms with Gasteiger partial charge in [0.2, 0.25) is 0 Å². The van der Waals surface area contributed by atoms with E-state index in [9.17, 15) is 4.79 Å². The largest absolute Gasteiger partial charge is 0.370 e. The maximum absolute atomic E-state index is 11.3. The summed E-state index contributed by atoms with van der Waals surface area (Å²) in [5.41, 5.74) is 1.16. The fourth-order valence-corrected chi connectivity index (χ4v) is 2.19. The normalized spacial score (nSPS) is 17.6. The molecule has 2 rings (SSSR count). The van der Waals surface area contributed by atoms with Gasteiger partial charge in [0.25, 0.3) is 0 Å². The number of hydrogen-bond acceptors (Lipinski definition) is 5. The first kappa shape index (κ1) is 10.9. The molecule has 0 saturated carbocycles. The molecule has 0 bridgehead atoms. The summed E-state index contributed by atoms with van der Waals surface area (Å²) in [6.07, 6.45) is 1.81. The molecule has 0 spiro atoms. The van der Waals surface area contributed by atoms with Crippen molar-refractivity contribution < 1.29 is 9.63 Å². The van der Waals surface area contributed by atoms with Crippen molar-refractivity contribution in [3.63, 3.8) is 0 Å². The summed E-state index contributed by atoms with van der Waals surface area (Å²) in [5.74, 6) is -0.377. The van der Waals surface area contributed by atoms with E-state index in [4.69, 9.17) is 0 Å². The number of carbonyl (C=O) groups excluding carboxylic acids is 1. The van der Waals surface area contributed by atoms with Crippen molar-refractivity contribution in [2.45, 2.75) is 6.92 Å². The molecule has 84 valence electrons. The Morgan fingerprint density at radius 1 is 1.44 bits per heavy atom. The van der Waals surface area contributed by atoms with Crippen LogP contribution in [0.4, 0.5) is 5.00 Å². The molecule has 1 aromatic heterocycles. The molecule has 1 aromatic rings. The third kappa shape index (κ3) is 1.99. The molecule has 0 N–H and O–H groups in total. The smallest absolute Gasteiger partial charge is 0.367 e. The highest BCUT2D eigenvalue weighted by molar-refractivity contribution is 7.17. The number of nitrogens with zero attached hydrogens (tertiary/aromatic N) is 2. The van der Waals surface area contributed by atoms with Crippen molar-refractivity contribution in [1.29, 1.82) is 0 Å². The van der Waals surface area contributed by atoms with Crippen LogP contribution in [-0.2, 0) is 9.63 Å². The van der Waals surface area contributed by atoms with Crippen LogP contribution in [0.3, 0.4) is 0 Å². The Morgan fingerprint density at radius 2 is 2.19 bits per heavy atom. The summed E-state index contributed by atoms with van der Waals surface area (Å²) in [6.45, 7) is 1.76. The molecule has 0 unspecified atom stereocenters. The molecule has 0 fully saturated rings. The highest BCUT2D eigenvalue weighted by Gasteiger charge is 2.21. The lowest BCUT2D eigenvalue weighted by molar-refractivity contribution is -0.136. The predicted molar refractivity (Wildman–Crippen MR) is 65.8 cm³/mol. The lowest BCUT2D eigenvalue weighted by Gasteiger charge is -2.06. The number of thiophene rings is 1. The van der Waals surface area contributed by atoms with Crippen molar-refractivity contribution in [2.24, 2.45) is 5.16 Å². The van der Waals surface area contributed by atoms with Gasteiger partial charge in [0.05, 0.1) is 16.3 Å². The first-order chi connectivity index (χ1) is 7.58. The van der Waals surface area contributed by atoms with E-state index in [1.165, 1.54) is 0 Å². The van der Waals surface area contributed by atoms with Gasteiger partial charge in [-0.3, -0.25) is 0 Å². The zero-order valence-corrected chi connectivity index (χ0v) is 10.2. The van der Waals surface area contributed by atoms with Crippen LogP contribution in [0.5, 0.6) is 0 Å². The van der Waals surface area contributed by atoms with Crippen molar-refractivity contribution in [3.05, 3.63) is 22.6 Å². The van der Waals surface area contributed by atoms with Crippen LogP contribution in [0.2, 0.25) is 0 Å². The maximum atomic E-state index is 11.3. The Hall–Kier alpha value is -1.62. The molecular formula is C11H12N2O2S. The molecular weight excluding hydrogens is 224 g/mol. The number of oxime groups is 1. The first-order valence-electron chi connectivity index (χ1n) is 4.83. The molecule has 1 aliphatic heterocycles. The molecule has 0 atom stereocenters. The van der Waals surface area contributed by atoms with E-state index in [-0.39, 0.29) is 5.97 Å². The van der Waals surface area contributed by atoms with Gasteiger partial charge >= 0.3 is 5.97 Å². The number of anilines is 1. The van der Waals surface area contributed by atoms with E-state index in [1.807, 2.05) is 37.2 Å². The third-order valence-electron chi connectivity index (χ3n) is 2.22. The van der Waals surface area contributed by atoms with Crippen LogP contribution in [0.1, 0.15) is 11.8 Å². The second-order valence-corrected chi connectivity index (χ2v) is 4.78. The molecule has 2 heterocycles. The van der Waals surface area contributed by atoms with Gasteiger partial charge in [-0.25, -0.2) is 4.79 Å². The Kier molecular flexibility index (Phi) is 2.78. The summed E-state index contributed by atoms with van der Waals surface area (Å²) in [5, 5.41) is 4.78. The van der Waals surface area contributed by atoms with Crippen LogP contribution in [0.25, 0.3) is 6.08 Å². The number of hydrogen-bond donors (Lipinski definition) is 0. The van der Waals surface area contributed by atoms with Gasteiger partial charge < -0.3 is 9.74 Å². The SMILES string of the molecule is CC1=NOC(=O)/C1=C\c1ccc(N(C)C)s1. The van der Waals surface area contributed by atoms with Gasteiger partial charge in [-0.15, -0.1) is 11.3 Å². The second-order valence-electron chi connectivity index (χ2n) is 3.68. The zero-order chi connectivity index (χ0) is 11.7. The van der Waals surface area contributed by atoms with Gasteiger partial charge in [0.15, 0.2) is 0 Å². The summed E-state index contributed by atoms with van der Waals surface area (Å²) < 4.78 is 0. The molecule has 4 nitrogen and oxygen atoms in total. The van der Waals surface area contributed by atoms with Crippen molar-refractivity contribution in [2.75, 3.05) is 19.0 Å². The average Bonchev–Trinajstić information content (AvgIpc) is 2.80. The van der Waals surface area contributed by atoms with Crippen LogP contribution >= 0.6 is 11.3 Å². The van der Waals surface area contributed by atoms with E-state index in [0.717, 1.165) is 9.88 Å². The summed E-state index contributed by atoms with van der Waals surface area (Å²) in [7, 11) is 3.97. The Balaban J connectivity index is 2.29. The lowest BCUT2D eigenvalue weighted by Crippen LogP contribution is -2.05. The van der Waals surface area contributed by atoms with Crippen molar-refractivity contribution in [1.82, 2.24) is 0 Å². The topological polar surface area (TPSA) is 41.9 Å². The van der Waals surface area contributed by atoms with Crippen LogP contribution in [0, 0.1) is 0 Å². The molecule has 0 aromatic carbocycles. The minimum atomic E-state index is -0.377. The molecule has 0 aliphatic carbocycles. The maximum Gasteiger partial charge on any atom is 0.367 e. The highest BCUT2D eigenvalue weighted by atomic mass is 32.1. The molecule has 5 heteroatoms. The molecule has 16 heavy (non-hydrogen) atoms. The summed E-state index contributed by atoms with van der Waals surface area (Å²) in [6, 6.07) is 4.00. The first-order valence-corrected chi connectivity index (χ1v) is 5.65. The van der Waals surface area contributed by atoms with E-state index in [2.05, 4.69) is 9.99 Å². The van der Waals surface area contributed by atoms with Gasteiger partial charge in [-0.05, 0) is 25.1 Å². The number of rotatable bonds is 2. The third-order valence-corrected chi connectivity index (χ3v) is 3.42. The minimum Gasteiger partial charge on any atom is -0.370 e. The van der Waals surface area contributed by atoms with Crippen LogP contribution in [0.15, 0.2) is 22.9 Å². The molecule has 0 radical (unpaired) electrons. The van der Waals surface area contributed by atoms with Gasteiger partial charge in [-0.2, -0.15) is 0 Å². The monoisotopic (exact) mass is 236 g/mol. The average molecular weight is 236 g/mol. The van der Waals surface area contributed by atoms with Gasteiger partial charge in [-0.1, -0.05) is 5.16 Å². The summed E-state index contributed by atoms with van der Waals surface area (Å²) in [4.78, 5) is 18.9. The Labute approximate surface area is 97.8 Å². The molecule has 0 saturated heterocycles. The highest BCUT2D eigenvalue weighted by Crippen LogP contribution is 2.27. The quantitative estimate of drug-likeness (QED) is 0.583. The summed E-state index contributed by atoms with van der Waals surface area (Å²) >= 11 is 1.62. The van der Waals surface area contributed by atoms with Gasteiger partial charge in [0, 0.05) is 19.0 Å². The minimum absolute atomic E-state index is 0.377. The zero-order valence-electron chi connectivity index (χ0n) is 9.35. The van der Waals surface area contributed by atoms with E-state index >= 15 is 0 Å². The van der Waals surface area contributed by atoms with E-state index in [0.29, 0.717) is 11.3 Å². The Morgan fingerprint density at radius 3 is 2.69 bits per heavy atom. The van der Waals surface area contributed by atoms with Crippen LogP contribution in [-0.4, -0.2) is 25.8 Å². The predicted octanol–water partition coefficient (Wildman–Crippen LogP) is 2.13. The Bertz CT molecular complexity index is 486. The lowest BCUT2D eigenvalue weighted by atomic mass is 10.1. The fraction of sp³-hybridized carbons (Fsp3) is 0.273. The molecule has 0 amide bonds. The second kappa shape index (κ2) is 4.09. The van der Waals surface area contributed by atoms with Gasteiger partial charge in [0.1, 0.15) is 0 Å².